The predicted octanol–water partition coefficient (Wildman–Crippen LogP) is 3.36. The van der Waals surface area contributed by atoms with Gasteiger partial charge in [0, 0.05) is 0 Å². The Morgan fingerprint density at radius 2 is 1.96 bits per heavy atom. The summed E-state index contributed by atoms with van der Waals surface area (Å²) in [4.78, 5) is 5.15. The fourth-order valence-corrected chi connectivity index (χ4v) is 3.41. The normalized spacial score (nSPS) is 18.5. The van der Waals surface area contributed by atoms with Crippen molar-refractivity contribution in [3.63, 3.8) is 0 Å². The van der Waals surface area contributed by atoms with E-state index in [1.54, 1.807) is 26.0 Å². The maximum Gasteiger partial charge on any atom is 0.387 e. The molecule has 0 saturated carbocycles. The molecule has 1 aliphatic heterocycles. The van der Waals surface area contributed by atoms with Gasteiger partial charge in [-0.1, -0.05) is 23.7 Å². The highest BCUT2D eigenvalue weighted by molar-refractivity contribution is 7.92. The highest BCUT2D eigenvalue weighted by Crippen LogP contribution is 2.32. The number of alkyl halides is 3. The van der Waals surface area contributed by atoms with Gasteiger partial charge in [-0.25, -0.2) is 13.4 Å². The van der Waals surface area contributed by atoms with Crippen LogP contribution in [0.4, 0.5) is 14.5 Å². The molecule has 1 unspecified atom stereocenters. The molecule has 0 radical (unpaired) electrons. The van der Waals surface area contributed by atoms with E-state index in [0.717, 1.165) is 6.21 Å². The second-order valence-electron chi connectivity index (χ2n) is 4.97. The van der Waals surface area contributed by atoms with E-state index in [0.29, 0.717) is 0 Å². The van der Waals surface area contributed by atoms with Crippen molar-refractivity contribution in [2.45, 2.75) is 36.2 Å². The van der Waals surface area contributed by atoms with Gasteiger partial charge in [0.15, 0.2) is 15.6 Å². The standard InChI is InChI=1S/C14H15ClF2N2O3S/c1-9(2)23(20,21)12-6-4-3-5-11(12)19-8-10(22-14(16)17)7-18-13(19)15/h3-9,13-14H,1-2H3. The molecule has 0 bridgehead atoms. The zero-order chi connectivity index (χ0) is 17.2. The summed E-state index contributed by atoms with van der Waals surface area (Å²) in [6.07, 6.45) is 2.27. The molecular formula is C14H15ClF2N2O3S. The number of ether oxygens (including phenoxy) is 1. The fraction of sp³-hybridized carbons (Fsp3) is 0.357. The summed E-state index contributed by atoms with van der Waals surface area (Å²) < 4.78 is 54.0. The molecule has 0 N–H and O–H groups in total. The molecule has 1 aromatic carbocycles. The zero-order valence-corrected chi connectivity index (χ0v) is 13.9. The van der Waals surface area contributed by atoms with Crippen molar-refractivity contribution < 1.29 is 21.9 Å². The first kappa shape index (κ1) is 17.7. The summed E-state index contributed by atoms with van der Waals surface area (Å²) in [7, 11) is -3.59. The van der Waals surface area contributed by atoms with Crippen LogP contribution in [0, 0.1) is 0 Å². The first-order chi connectivity index (χ1) is 10.7. The third-order valence-corrected chi connectivity index (χ3v) is 5.64. The summed E-state index contributed by atoms with van der Waals surface area (Å²) in [5.74, 6) is -0.214. The Kier molecular flexibility index (Phi) is 5.26. The van der Waals surface area contributed by atoms with Crippen molar-refractivity contribution in [1.82, 2.24) is 0 Å². The van der Waals surface area contributed by atoms with Crippen LogP contribution >= 0.6 is 11.6 Å². The van der Waals surface area contributed by atoms with Gasteiger partial charge in [0.05, 0.1) is 28.2 Å². The van der Waals surface area contributed by atoms with Gasteiger partial charge in [0.2, 0.25) is 5.62 Å². The number of aliphatic imine (C=N–C) groups is 1. The second kappa shape index (κ2) is 6.84. The van der Waals surface area contributed by atoms with E-state index in [1.807, 2.05) is 0 Å². The maximum atomic E-state index is 12.5. The summed E-state index contributed by atoms with van der Waals surface area (Å²) >= 11 is 6.07. The number of anilines is 1. The summed E-state index contributed by atoms with van der Waals surface area (Å²) in [5.41, 5.74) is -0.725. The minimum Gasteiger partial charge on any atom is -0.432 e. The molecule has 1 atom stereocenters. The van der Waals surface area contributed by atoms with Crippen LogP contribution in [0.5, 0.6) is 0 Å². The fourth-order valence-electron chi connectivity index (χ4n) is 1.95. The molecule has 0 spiro atoms. The first-order valence-corrected chi connectivity index (χ1v) is 8.67. The Morgan fingerprint density at radius 1 is 1.30 bits per heavy atom. The quantitative estimate of drug-likeness (QED) is 0.593. The molecule has 1 heterocycles. The number of hydrogen-bond donors (Lipinski definition) is 0. The van der Waals surface area contributed by atoms with Gasteiger partial charge in [-0.15, -0.1) is 0 Å². The summed E-state index contributed by atoms with van der Waals surface area (Å²) in [6.45, 7) is 0.0932. The Hall–Kier alpha value is -1.67. The first-order valence-electron chi connectivity index (χ1n) is 6.68. The lowest BCUT2D eigenvalue weighted by Crippen LogP contribution is -2.30. The molecule has 23 heavy (non-hydrogen) atoms. The average molecular weight is 365 g/mol. The van der Waals surface area contributed by atoms with Crippen LogP contribution in [0.1, 0.15) is 13.8 Å². The Labute approximate surface area is 138 Å². The highest BCUT2D eigenvalue weighted by Gasteiger charge is 2.28. The number of halogens is 3. The van der Waals surface area contributed by atoms with Crippen LogP contribution in [-0.2, 0) is 14.6 Å². The Bertz CT molecular complexity index is 735. The number of hydrogen-bond acceptors (Lipinski definition) is 5. The van der Waals surface area contributed by atoms with Gasteiger partial charge in [0.1, 0.15) is 0 Å². The molecule has 0 saturated heterocycles. The van der Waals surface area contributed by atoms with Gasteiger partial charge in [-0.3, -0.25) is 0 Å². The Morgan fingerprint density at radius 3 is 2.57 bits per heavy atom. The van der Waals surface area contributed by atoms with Crippen LogP contribution in [0.3, 0.4) is 0 Å². The molecule has 9 heteroatoms. The lowest BCUT2D eigenvalue weighted by atomic mass is 10.3. The minimum atomic E-state index is -3.59. The van der Waals surface area contributed by atoms with E-state index in [1.165, 1.54) is 23.2 Å². The van der Waals surface area contributed by atoms with Crippen molar-refractivity contribution in [3.05, 3.63) is 36.2 Å². The number of nitrogens with zero attached hydrogens (tertiary/aromatic N) is 2. The molecule has 1 aliphatic rings. The molecule has 126 valence electrons. The lowest BCUT2D eigenvalue weighted by molar-refractivity contribution is -0.0896. The largest absolute Gasteiger partial charge is 0.432 e. The molecule has 5 nitrogen and oxygen atoms in total. The number of rotatable bonds is 5. The molecule has 0 aliphatic carbocycles. The van der Waals surface area contributed by atoms with Gasteiger partial charge < -0.3 is 9.64 Å². The average Bonchev–Trinajstić information content (AvgIpc) is 2.48. The van der Waals surface area contributed by atoms with Crippen LogP contribution in [0.15, 0.2) is 46.1 Å². The van der Waals surface area contributed by atoms with Crippen molar-refractivity contribution in [3.8, 4) is 0 Å². The molecule has 2 rings (SSSR count). The van der Waals surface area contributed by atoms with Crippen molar-refractivity contribution >= 4 is 33.3 Å². The van der Waals surface area contributed by atoms with Crippen molar-refractivity contribution in [2.24, 2.45) is 4.99 Å². The molecule has 0 amide bonds. The minimum absolute atomic E-state index is 0.0467. The predicted molar refractivity (Wildman–Crippen MR) is 84.5 cm³/mol. The van der Waals surface area contributed by atoms with E-state index in [9.17, 15) is 17.2 Å². The van der Waals surface area contributed by atoms with Crippen LogP contribution < -0.4 is 4.90 Å². The number of sulfone groups is 1. The van der Waals surface area contributed by atoms with Gasteiger partial charge in [-0.2, -0.15) is 8.78 Å². The molecular weight excluding hydrogens is 350 g/mol. The highest BCUT2D eigenvalue weighted by atomic mass is 35.5. The lowest BCUT2D eigenvalue weighted by Gasteiger charge is -2.28. The van der Waals surface area contributed by atoms with E-state index in [-0.39, 0.29) is 16.3 Å². The topological polar surface area (TPSA) is 59.0 Å². The van der Waals surface area contributed by atoms with Crippen LogP contribution in [-0.4, -0.2) is 32.1 Å². The zero-order valence-electron chi connectivity index (χ0n) is 12.4. The molecule has 1 aromatic rings. The van der Waals surface area contributed by atoms with Crippen LogP contribution in [0.2, 0.25) is 0 Å². The maximum absolute atomic E-state index is 12.5. The van der Waals surface area contributed by atoms with Crippen molar-refractivity contribution in [2.75, 3.05) is 4.90 Å². The third-order valence-electron chi connectivity index (χ3n) is 3.12. The summed E-state index contributed by atoms with van der Waals surface area (Å²) in [5, 5.41) is -0.647. The van der Waals surface area contributed by atoms with E-state index in [4.69, 9.17) is 11.6 Å². The smallest absolute Gasteiger partial charge is 0.387 e. The number of benzene rings is 1. The molecule has 0 fully saturated rings. The van der Waals surface area contributed by atoms with Gasteiger partial charge in [0.25, 0.3) is 0 Å². The van der Waals surface area contributed by atoms with Crippen molar-refractivity contribution in [1.29, 1.82) is 0 Å². The Balaban J connectivity index is 2.50. The number of para-hydroxylation sites is 1. The van der Waals surface area contributed by atoms with Gasteiger partial charge >= 0.3 is 6.61 Å². The molecule has 0 aromatic heterocycles. The van der Waals surface area contributed by atoms with E-state index < -0.39 is 27.3 Å². The van der Waals surface area contributed by atoms with Crippen LogP contribution in [0.25, 0.3) is 0 Å². The SMILES string of the molecule is CC(C)S(=O)(=O)c1ccccc1N1C=C(OC(F)F)C=NC1Cl. The van der Waals surface area contributed by atoms with Gasteiger partial charge in [-0.05, 0) is 26.0 Å². The summed E-state index contributed by atoms with van der Waals surface area (Å²) in [6, 6.07) is 6.17. The number of allylic oxidation sites excluding steroid dienone is 1. The monoisotopic (exact) mass is 364 g/mol. The van der Waals surface area contributed by atoms with E-state index >= 15 is 0 Å². The third kappa shape index (κ3) is 3.81. The van der Waals surface area contributed by atoms with E-state index in [2.05, 4.69) is 9.73 Å². The second-order valence-corrected chi connectivity index (χ2v) is 7.83.